The topological polar surface area (TPSA) is 99.1 Å². The molecule has 0 saturated carbocycles. The summed E-state index contributed by atoms with van der Waals surface area (Å²) >= 11 is 0. The third-order valence-electron chi connectivity index (χ3n) is 10.6. The number of aliphatic carboxylic acids is 1. The highest BCUT2D eigenvalue weighted by atomic mass is 16.6. The van der Waals surface area contributed by atoms with Crippen LogP contribution in [0.1, 0.15) is 213 Å². The molecule has 2 unspecified atom stereocenters. The molecule has 0 aromatic heterocycles. The Morgan fingerprint density at radius 3 is 1.46 bits per heavy atom. The minimum Gasteiger partial charge on any atom is -0.477 e. The molecule has 0 aromatic rings. The van der Waals surface area contributed by atoms with Crippen molar-refractivity contribution in [2.45, 2.75) is 225 Å². The lowest BCUT2D eigenvalue weighted by Gasteiger charge is -2.31. The number of carbonyl (C=O) groups is 3. The molecule has 8 heteroatoms. The zero-order valence-corrected chi connectivity index (χ0v) is 37.3. The van der Waals surface area contributed by atoms with Crippen LogP contribution in [0.4, 0.5) is 0 Å². The fourth-order valence-electron chi connectivity index (χ4n) is 7.01. The second kappa shape index (κ2) is 39.6. The van der Waals surface area contributed by atoms with Gasteiger partial charge in [-0.1, -0.05) is 179 Å². The predicted octanol–water partition coefficient (Wildman–Crippen LogP) is 12.9. The molecule has 0 amide bonds. The number of rotatable bonds is 42. The summed E-state index contributed by atoms with van der Waals surface area (Å²) in [6, 6.07) is -0.614. The largest absolute Gasteiger partial charge is 0.477 e. The lowest BCUT2D eigenvalue weighted by atomic mass is 10.0. The van der Waals surface area contributed by atoms with Gasteiger partial charge in [0.2, 0.25) is 0 Å². The Labute approximate surface area is 345 Å². The molecule has 0 heterocycles. The summed E-state index contributed by atoms with van der Waals surface area (Å²) in [4.78, 5) is 37.0. The molecule has 0 bridgehead atoms. The normalized spacial score (nSPS) is 13.1. The summed E-state index contributed by atoms with van der Waals surface area (Å²) in [6.07, 6.45) is 43.7. The summed E-state index contributed by atoms with van der Waals surface area (Å²) in [6.45, 7) is 4.64. The Morgan fingerprint density at radius 2 is 1.00 bits per heavy atom. The van der Waals surface area contributed by atoms with E-state index in [4.69, 9.17) is 14.2 Å². The van der Waals surface area contributed by atoms with Gasteiger partial charge in [-0.25, -0.2) is 4.79 Å². The van der Waals surface area contributed by atoms with Crippen molar-refractivity contribution in [2.75, 3.05) is 41.0 Å². The van der Waals surface area contributed by atoms with Crippen LogP contribution in [0, 0.1) is 0 Å². The molecule has 8 nitrogen and oxygen atoms in total. The van der Waals surface area contributed by atoms with Crippen molar-refractivity contribution >= 4 is 17.9 Å². The smallest absolute Gasteiger partial charge is 0.362 e. The number of carboxylic acid groups (broad SMARTS) is 1. The van der Waals surface area contributed by atoms with E-state index in [1.807, 2.05) is 21.1 Å². The summed E-state index contributed by atoms with van der Waals surface area (Å²) in [5, 5.41) is 9.62. The van der Waals surface area contributed by atoms with Crippen molar-refractivity contribution in [1.29, 1.82) is 0 Å². The Hall–Kier alpha value is -2.19. The van der Waals surface area contributed by atoms with Gasteiger partial charge < -0.3 is 23.8 Å². The number of nitrogens with zero attached hydrogens (tertiary/aromatic N) is 1. The van der Waals surface area contributed by atoms with Gasteiger partial charge in [0.15, 0.2) is 12.1 Å². The number of hydrogen-bond donors (Lipinski definition) is 1. The lowest BCUT2D eigenvalue weighted by molar-refractivity contribution is -0.887. The molecule has 0 rings (SSSR count). The molecule has 0 aromatic carbocycles. The minimum absolute atomic E-state index is 0.0524. The van der Waals surface area contributed by atoms with E-state index in [-0.39, 0.29) is 36.2 Å². The van der Waals surface area contributed by atoms with Crippen LogP contribution in [0.5, 0.6) is 0 Å². The van der Waals surface area contributed by atoms with E-state index in [0.29, 0.717) is 19.3 Å². The van der Waals surface area contributed by atoms with Crippen molar-refractivity contribution < 1.29 is 38.2 Å². The predicted molar refractivity (Wildman–Crippen MR) is 234 cm³/mol. The van der Waals surface area contributed by atoms with E-state index in [0.717, 1.165) is 70.6 Å². The van der Waals surface area contributed by atoms with Crippen molar-refractivity contribution in [3.63, 3.8) is 0 Å². The molecule has 328 valence electrons. The maximum atomic E-state index is 12.7. The number of likely N-dealkylation sites (N-methyl/N-ethyl adjacent to an activating group) is 1. The van der Waals surface area contributed by atoms with Crippen LogP contribution in [0.25, 0.3) is 0 Å². The molecule has 0 fully saturated rings. The van der Waals surface area contributed by atoms with Gasteiger partial charge in [-0.2, -0.15) is 0 Å². The number of esters is 2. The minimum atomic E-state index is -0.876. The van der Waals surface area contributed by atoms with Gasteiger partial charge in [0.05, 0.1) is 34.4 Å². The first-order chi connectivity index (χ1) is 27.1. The SMILES string of the molecule is CC/C=C/C/C=C/CCCCCCCC(=O)OC(COCCC(C(=O)O)[N+](C)(C)C)COC(=O)CCCCCCCCCCCCCCCCCCCCCC. The summed E-state index contributed by atoms with van der Waals surface area (Å²) in [7, 11) is 5.53. The number of unbranched alkanes of at least 4 members (excludes halogenated alkanes) is 24. The number of quaternary nitrogens is 1. The first-order valence-electron chi connectivity index (χ1n) is 23.4. The van der Waals surface area contributed by atoms with Crippen LogP contribution in [-0.4, -0.2) is 80.6 Å². The monoisotopic (exact) mass is 793 g/mol. The van der Waals surface area contributed by atoms with Gasteiger partial charge in [-0.05, 0) is 38.5 Å². The highest BCUT2D eigenvalue weighted by molar-refractivity contribution is 5.72. The van der Waals surface area contributed by atoms with E-state index in [1.54, 1.807) is 0 Å². The molecular weight excluding hydrogens is 703 g/mol. The zero-order valence-electron chi connectivity index (χ0n) is 37.3. The molecule has 1 N–H and O–H groups in total. The van der Waals surface area contributed by atoms with Gasteiger partial charge in [0.1, 0.15) is 6.61 Å². The van der Waals surface area contributed by atoms with E-state index >= 15 is 0 Å². The number of carbonyl (C=O) groups excluding carboxylic acids is 2. The van der Waals surface area contributed by atoms with E-state index in [1.165, 1.54) is 109 Å². The van der Waals surface area contributed by atoms with Crippen molar-refractivity contribution in [3.8, 4) is 0 Å². The fraction of sp³-hybridized carbons (Fsp3) is 0.854. The molecule has 56 heavy (non-hydrogen) atoms. The molecular formula is C48H90NO7+. The van der Waals surface area contributed by atoms with E-state index in [9.17, 15) is 19.5 Å². The van der Waals surface area contributed by atoms with Gasteiger partial charge in [-0.3, -0.25) is 9.59 Å². The maximum absolute atomic E-state index is 12.7. The van der Waals surface area contributed by atoms with Gasteiger partial charge in [0.25, 0.3) is 0 Å². The molecule has 0 spiro atoms. The van der Waals surface area contributed by atoms with Gasteiger partial charge >= 0.3 is 17.9 Å². The molecule has 2 atom stereocenters. The quantitative estimate of drug-likeness (QED) is 0.0284. The standard InChI is InChI=1S/C48H89NO7/c1-6-8-10-12-14-16-18-20-21-22-23-24-25-26-27-29-30-32-34-36-38-46(50)55-43-44(42-54-41-40-45(48(52)53)49(3,4)5)56-47(51)39-37-35-33-31-28-19-17-15-13-11-9-7-2/h9,11,15,17,44-45H,6-8,10,12-14,16,18-43H2,1-5H3/p+1/b11-9+,17-15+. The maximum Gasteiger partial charge on any atom is 0.362 e. The third-order valence-corrected chi connectivity index (χ3v) is 10.6. The Balaban J connectivity index is 4.21. The zero-order chi connectivity index (χ0) is 41.4. The van der Waals surface area contributed by atoms with Crippen molar-refractivity contribution in [2.24, 2.45) is 0 Å². The second-order valence-electron chi connectivity index (χ2n) is 17.0. The van der Waals surface area contributed by atoms with E-state index in [2.05, 4.69) is 38.2 Å². The van der Waals surface area contributed by atoms with Crippen LogP contribution in [-0.2, 0) is 28.6 Å². The highest BCUT2D eigenvalue weighted by Crippen LogP contribution is 2.16. The first-order valence-corrected chi connectivity index (χ1v) is 23.4. The second-order valence-corrected chi connectivity index (χ2v) is 17.0. The molecule has 0 radical (unpaired) electrons. The number of hydrogen-bond acceptors (Lipinski definition) is 6. The average Bonchev–Trinajstić information content (AvgIpc) is 3.15. The lowest BCUT2D eigenvalue weighted by Crippen LogP contribution is -2.50. The summed E-state index contributed by atoms with van der Waals surface area (Å²) in [5.41, 5.74) is 0. The third kappa shape index (κ3) is 37.4. The van der Waals surface area contributed by atoms with E-state index < -0.39 is 18.1 Å². The Morgan fingerprint density at radius 1 is 0.554 bits per heavy atom. The van der Waals surface area contributed by atoms with Crippen LogP contribution < -0.4 is 0 Å². The van der Waals surface area contributed by atoms with Gasteiger partial charge in [-0.15, -0.1) is 0 Å². The number of ether oxygens (including phenoxy) is 3. The number of carboxylic acids is 1. The van der Waals surface area contributed by atoms with Gasteiger partial charge in [0, 0.05) is 19.3 Å². The van der Waals surface area contributed by atoms with Crippen molar-refractivity contribution in [3.05, 3.63) is 24.3 Å². The summed E-state index contributed by atoms with van der Waals surface area (Å²) < 4.78 is 17.3. The first kappa shape index (κ1) is 53.8. The average molecular weight is 793 g/mol. The summed E-state index contributed by atoms with van der Waals surface area (Å²) in [5.74, 6) is -1.47. The number of allylic oxidation sites excluding steroid dienone is 4. The van der Waals surface area contributed by atoms with Crippen LogP contribution in [0.2, 0.25) is 0 Å². The molecule has 0 aliphatic heterocycles. The molecule has 0 aliphatic rings. The molecule has 0 saturated heterocycles. The Bertz CT molecular complexity index is 973. The fourth-order valence-corrected chi connectivity index (χ4v) is 7.01. The Kier molecular flexibility index (Phi) is 38.1. The van der Waals surface area contributed by atoms with Crippen LogP contribution in [0.3, 0.4) is 0 Å². The van der Waals surface area contributed by atoms with Crippen LogP contribution in [0.15, 0.2) is 24.3 Å². The van der Waals surface area contributed by atoms with Crippen molar-refractivity contribution in [1.82, 2.24) is 0 Å². The molecule has 0 aliphatic carbocycles. The van der Waals surface area contributed by atoms with Crippen LogP contribution >= 0.6 is 0 Å². The highest BCUT2D eigenvalue weighted by Gasteiger charge is 2.31.